The molecule has 1 atom stereocenters. The normalized spacial score (nSPS) is 18.1. The van der Waals surface area contributed by atoms with E-state index in [1.807, 2.05) is 0 Å². The first kappa shape index (κ1) is 15.8. The van der Waals surface area contributed by atoms with E-state index in [9.17, 15) is 19.7 Å². The Kier molecular flexibility index (Phi) is 4.84. The predicted molar refractivity (Wildman–Crippen MR) is 81.7 cm³/mol. The van der Waals surface area contributed by atoms with E-state index in [1.165, 1.54) is 30.0 Å². The Morgan fingerprint density at radius 2 is 2.29 bits per heavy atom. The van der Waals surface area contributed by atoms with Crippen LogP contribution in [0.4, 0.5) is 11.4 Å². The van der Waals surface area contributed by atoms with Gasteiger partial charge in [0, 0.05) is 36.7 Å². The minimum atomic E-state index is -0.531. The summed E-state index contributed by atoms with van der Waals surface area (Å²) in [5, 5.41) is 11.4. The van der Waals surface area contributed by atoms with Gasteiger partial charge in [0.1, 0.15) is 5.69 Å². The van der Waals surface area contributed by atoms with Crippen molar-refractivity contribution in [3.63, 3.8) is 0 Å². The van der Waals surface area contributed by atoms with Crippen molar-refractivity contribution < 1.29 is 14.5 Å². The average molecular weight is 329 g/mol. The topological polar surface area (TPSA) is 80.5 Å². The Balaban J connectivity index is 2.22. The molecule has 112 valence electrons. The lowest BCUT2D eigenvalue weighted by Crippen LogP contribution is -2.25. The van der Waals surface area contributed by atoms with E-state index in [2.05, 4.69) is 0 Å². The molecule has 0 aromatic heterocycles. The van der Waals surface area contributed by atoms with Crippen LogP contribution in [0, 0.1) is 16.0 Å². The van der Waals surface area contributed by atoms with Gasteiger partial charge in [0.15, 0.2) is 5.12 Å². The highest BCUT2D eigenvalue weighted by Crippen LogP contribution is 2.35. The number of thioether (sulfide) groups is 1. The SMILES string of the molecule is CC(=O)SCC1CC(=O)N(c2cc(Cl)ccc2[N+](=O)[O-])C1. The molecule has 0 spiro atoms. The van der Waals surface area contributed by atoms with Gasteiger partial charge in [0.25, 0.3) is 5.69 Å². The fourth-order valence-electron chi connectivity index (χ4n) is 2.23. The molecule has 1 unspecified atom stereocenters. The lowest BCUT2D eigenvalue weighted by Gasteiger charge is -2.17. The van der Waals surface area contributed by atoms with Crippen LogP contribution in [-0.2, 0) is 9.59 Å². The third-order valence-corrected chi connectivity index (χ3v) is 4.43. The fraction of sp³-hybridized carbons (Fsp3) is 0.385. The highest BCUT2D eigenvalue weighted by Gasteiger charge is 2.34. The number of rotatable bonds is 4. The second-order valence-corrected chi connectivity index (χ2v) is 6.40. The number of hydrogen-bond donors (Lipinski definition) is 0. The molecule has 8 heteroatoms. The average Bonchev–Trinajstić information content (AvgIpc) is 2.77. The summed E-state index contributed by atoms with van der Waals surface area (Å²) in [6.45, 7) is 1.83. The first-order valence-electron chi connectivity index (χ1n) is 6.26. The molecule has 21 heavy (non-hydrogen) atoms. The molecule has 0 aliphatic carbocycles. The van der Waals surface area contributed by atoms with Crippen LogP contribution in [0.15, 0.2) is 18.2 Å². The van der Waals surface area contributed by atoms with Gasteiger partial charge < -0.3 is 4.90 Å². The summed E-state index contributed by atoms with van der Waals surface area (Å²) < 4.78 is 0. The van der Waals surface area contributed by atoms with E-state index in [-0.39, 0.29) is 34.7 Å². The van der Waals surface area contributed by atoms with E-state index < -0.39 is 4.92 Å². The van der Waals surface area contributed by atoms with E-state index in [0.717, 1.165) is 11.8 Å². The Morgan fingerprint density at radius 3 is 2.90 bits per heavy atom. The van der Waals surface area contributed by atoms with Crippen molar-refractivity contribution in [3.05, 3.63) is 33.3 Å². The molecule has 2 rings (SSSR count). The minimum Gasteiger partial charge on any atom is -0.306 e. The summed E-state index contributed by atoms with van der Waals surface area (Å²) >= 11 is 7.04. The van der Waals surface area contributed by atoms with Crippen molar-refractivity contribution in [2.24, 2.45) is 5.92 Å². The summed E-state index contributed by atoms with van der Waals surface area (Å²) in [6.07, 6.45) is 0.282. The van der Waals surface area contributed by atoms with Gasteiger partial charge in [0.05, 0.1) is 4.92 Å². The largest absolute Gasteiger partial charge is 0.306 e. The molecule has 1 aromatic carbocycles. The number of benzene rings is 1. The molecule has 1 aliphatic heterocycles. The number of halogens is 1. The van der Waals surface area contributed by atoms with Gasteiger partial charge in [-0.15, -0.1) is 0 Å². The number of carbonyl (C=O) groups excluding carboxylic acids is 2. The van der Waals surface area contributed by atoms with Gasteiger partial charge in [-0.3, -0.25) is 19.7 Å². The Morgan fingerprint density at radius 1 is 1.57 bits per heavy atom. The van der Waals surface area contributed by atoms with Crippen molar-refractivity contribution >= 4 is 45.8 Å². The monoisotopic (exact) mass is 328 g/mol. The van der Waals surface area contributed by atoms with Crippen LogP contribution in [0.1, 0.15) is 13.3 Å². The van der Waals surface area contributed by atoms with E-state index in [4.69, 9.17) is 11.6 Å². The van der Waals surface area contributed by atoms with E-state index in [0.29, 0.717) is 17.3 Å². The maximum atomic E-state index is 12.1. The van der Waals surface area contributed by atoms with Gasteiger partial charge in [-0.05, 0) is 18.1 Å². The quantitative estimate of drug-likeness (QED) is 0.627. The summed E-state index contributed by atoms with van der Waals surface area (Å²) in [6, 6.07) is 4.15. The number of carbonyl (C=O) groups is 2. The maximum absolute atomic E-state index is 12.1. The zero-order chi connectivity index (χ0) is 15.6. The van der Waals surface area contributed by atoms with Crippen molar-refractivity contribution in [1.29, 1.82) is 0 Å². The molecule has 1 saturated heterocycles. The first-order chi connectivity index (χ1) is 9.88. The second-order valence-electron chi connectivity index (χ2n) is 4.77. The Labute approximate surface area is 130 Å². The van der Waals surface area contributed by atoms with Gasteiger partial charge in [-0.1, -0.05) is 23.4 Å². The molecule has 1 amide bonds. The van der Waals surface area contributed by atoms with Crippen LogP contribution in [-0.4, -0.2) is 28.2 Å². The molecular formula is C13H13ClN2O4S. The lowest BCUT2D eigenvalue weighted by molar-refractivity contribution is -0.384. The molecule has 6 nitrogen and oxygen atoms in total. The zero-order valence-corrected chi connectivity index (χ0v) is 12.8. The predicted octanol–water partition coefficient (Wildman–Crippen LogP) is 2.88. The molecule has 1 aliphatic rings. The maximum Gasteiger partial charge on any atom is 0.293 e. The van der Waals surface area contributed by atoms with Crippen molar-refractivity contribution in [1.82, 2.24) is 0 Å². The molecule has 0 radical (unpaired) electrons. The van der Waals surface area contributed by atoms with Crippen molar-refractivity contribution in [3.8, 4) is 0 Å². The summed E-state index contributed by atoms with van der Waals surface area (Å²) in [4.78, 5) is 35.0. The highest BCUT2D eigenvalue weighted by molar-refractivity contribution is 8.13. The van der Waals surface area contributed by atoms with Crippen LogP contribution in [0.2, 0.25) is 5.02 Å². The van der Waals surface area contributed by atoms with Gasteiger partial charge in [-0.25, -0.2) is 0 Å². The molecular weight excluding hydrogens is 316 g/mol. The van der Waals surface area contributed by atoms with E-state index in [1.54, 1.807) is 0 Å². The Bertz CT molecular complexity index is 608. The molecule has 1 fully saturated rings. The van der Waals surface area contributed by atoms with Crippen LogP contribution >= 0.6 is 23.4 Å². The van der Waals surface area contributed by atoms with Gasteiger partial charge in [-0.2, -0.15) is 0 Å². The summed E-state index contributed by atoms with van der Waals surface area (Å²) in [5.74, 6) is 0.353. The van der Waals surface area contributed by atoms with Crippen LogP contribution in [0.5, 0.6) is 0 Å². The van der Waals surface area contributed by atoms with Crippen LogP contribution in [0.25, 0.3) is 0 Å². The van der Waals surface area contributed by atoms with Gasteiger partial charge in [0.2, 0.25) is 5.91 Å². The van der Waals surface area contributed by atoms with Gasteiger partial charge >= 0.3 is 0 Å². The first-order valence-corrected chi connectivity index (χ1v) is 7.62. The molecule has 1 aromatic rings. The number of anilines is 1. The zero-order valence-electron chi connectivity index (χ0n) is 11.2. The summed E-state index contributed by atoms with van der Waals surface area (Å²) in [5.41, 5.74) is 0.0699. The molecule has 1 heterocycles. The van der Waals surface area contributed by atoms with E-state index >= 15 is 0 Å². The third-order valence-electron chi connectivity index (χ3n) is 3.15. The number of amides is 1. The number of nitrogens with zero attached hydrogens (tertiary/aromatic N) is 2. The standard InChI is InChI=1S/C13H13ClN2O4S/c1-8(17)21-7-9-4-13(18)15(6-9)12-5-10(14)2-3-11(12)16(19)20/h2-3,5,9H,4,6-7H2,1H3. The second kappa shape index (κ2) is 6.44. The number of hydrogen-bond acceptors (Lipinski definition) is 5. The van der Waals surface area contributed by atoms with Crippen molar-refractivity contribution in [2.75, 3.05) is 17.2 Å². The highest BCUT2D eigenvalue weighted by atomic mass is 35.5. The fourth-order valence-corrected chi connectivity index (χ4v) is 3.09. The smallest absolute Gasteiger partial charge is 0.293 e. The summed E-state index contributed by atoms with van der Waals surface area (Å²) in [7, 11) is 0. The molecule has 0 N–H and O–H groups in total. The molecule has 0 bridgehead atoms. The lowest BCUT2D eigenvalue weighted by atomic mass is 10.1. The molecule has 0 saturated carbocycles. The Hall–Kier alpha value is -1.60. The number of nitro groups is 1. The number of nitro benzene ring substituents is 1. The minimum absolute atomic E-state index is 0.00462. The van der Waals surface area contributed by atoms with Crippen LogP contribution in [0.3, 0.4) is 0 Å². The van der Waals surface area contributed by atoms with Crippen molar-refractivity contribution in [2.45, 2.75) is 13.3 Å². The third kappa shape index (κ3) is 3.74. The van der Waals surface area contributed by atoms with Crippen LogP contribution < -0.4 is 4.90 Å².